The molecule has 1 N–H and O–H groups in total. The summed E-state index contributed by atoms with van der Waals surface area (Å²) in [5.41, 5.74) is 4.07. The van der Waals surface area contributed by atoms with Crippen molar-refractivity contribution in [1.29, 1.82) is 0 Å². The number of nitrogens with zero attached hydrogens (tertiary/aromatic N) is 1. The summed E-state index contributed by atoms with van der Waals surface area (Å²) in [6.45, 7) is 5.07. The second-order valence-corrected chi connectivity index (χ2v) is 10.3. The van der Waals surface area contributed by atoms with Gasteiger partial charge in [-0.2, -0.15) is 0 Å². The average molecular weight is 515 g/mol. The first-order valence-electron chi connectivity index (χ1n) is 13.3. The fraction of sp³-hybridized carbons (Fsp3) is 0.344. The molecule has 6 heteroatoms. The highest BCUT2D eigenvalue weighted by atomic mass is 19.1. The van der Waals surface area contributed by atoms with Crippen molar-refractivity contribution in [3.05, 3.63) is 95.4 Å². The van der Waals surface area contributed by atoms with Crippen molar-refractivity contribution >= 4 is 16.7 Å². The number of carbonyl (C=O) groups excluding carboxylic acids is 1. The summed E-state index contributed by atoms with van der Waals surface area (Å²) in [5.74, 6) is 1.79. The van der Waals surface area contributed by atoms with Crippen LogP contribution in [0.2, 0.25) is 0 Å². The number of ether oxygens (including phenoxy) is 2. The van der Waals surface area contributed by atoms with Gasteiger partial charge < -0.3 is 19.4 Å². The van der Waals surface area contributed by atoms with Crippen molar-refractivity contribution in [1.82, 2.24) is 9.88 Å². The Bertz CT molecular complexity index is 1380. The second kappa shape index (κ2) is 11.8. The molecule has 0 bridgehead atoms. The van der Waals surface area contributed by atoms with Crippen molar-refractivity contribution in [2.45, 2.75) is 32.1 Å². The zero-order valence-electron chi connectivity index (χ0n) is 22.1. The van der Waals surface area contributed by atoms with Crippen LogP contribution in [0.15, 0.2) is 72.9 Å². The summed E-state index contributed by atoms with van der Waals surface area (Å²) in [6.07, 6.45) is 5.12. The molecule has 1 aliphatic heterocycles. The number of H-pyrrole nitrogens is 1. The molecule has 38 heavy (non-hydrogen) atoms. The molecule has 1 aromatic heterocycles. The van der Waals surface area contributed by atoms with Gasteiger partial charge in [-0.05, 0) is 92.7 Å². The Kier molecular flexibility index (Phi) is 8.08. The van der Waals surface area contributed by atoms with E-state index in [4.69, 9.17) is 9.47 Å². The van der Waals surface area contributed by atoms with Crippen LogP contribution in [0.5, 0.6) is 11.5 Å². The second-order valence-electron chi connectivity index (χ2n) is 10.3. The molecule has 1 fully saturated rings. The maximum atomic E-state index is 13.6. The van der Waals surface area contributed by atoms with Gasteiger partial charge >= 0.3 is 0 Å². The molecule has 0 radical (unpaired) electrons. The van der Waals surface area contributed by atoms with Gasteiger partial charge in [-0.15, -0.1) is 0 Å². The van der Waals surface area contributed by atoms with Gasteiger partial charge in [-0.3, -0.25) is 4.79 Å². The van der Waals surface area contributed by atoms with Crippen LogP contribution in [0.4, 0.5) is 4.39 Å². The summed E-state index contributed by atoms with van der Waals surface area (Å²) < 4.78 is 25.4. The Morgan fingerprint density at radius 3 is 2.58 bits per heavy atom. The fourth-order valence-corrected chi connectivity index (χ4v) is 5.59. The number of piperidine rings is 1. The molecule has 5 rings (SSSR count). The number of carbonyl (C=O) groups is 1. The highest BCUT2D eigenvalue weighted by Crippen LogP contribution is 2.34. The highest BCUT2D eigenvalue weighted by Gasteiger charge is 2.25. The summed E-state index contributed by atoms with van der Waals surface area (Å²) in [4.78, 5) is 17.6. The van der Waals surface area contributed by atoms with Gasteiger partial charge in [-0.25, -0.2) is 4.39 Å². The molecule has 198 valence electrons. The summed E-state index contributed by atoms with van der Waals surface area (Å²) in [6, 6.07) is 20.9. The normalized spacial score (nSPS) is 15.4. The number of benzene rings is 3. The lowest BCUT2D eigenvalue weighted by Crippen LogP contribution is -2.38. The molecule has 0 saturated carbocycles. The minimum atomic E-state index is -0.209. The van der Waals surface area contributed by atoms with Crippen LogP contribution < -0.4 is 9.47 Å². The van der Waals surface area contributed by atoms with Crippen LogP contribution in [0.3, 0.4) is 0 Å². The number of aromatic amines is 1. The van der Waals surface area contributed by atoms with E-state index in [1.165, 1.54) is 11.1 Å². The number of Topliss-reactive ketones (excluding diaryl/α,β-unsaturated/α-hetero) is 1. The Morgan fingerprint density at radius 2 is 1.84 bits per heavy atom. The largest absolute Gasteiger partial charge is 0.493 e. The number of likely N-dealkylation sites (tertiary alicyclic amines) is 1. The monoisotopic (exact) mass is 514 g/mol. The van der Waals surface area contributed by atoms with Crippen molar-refractivity contribution in [2.75, 3.05) is 33.4 Å². The first-order valence-corrected chi connectivity index (χ1v) is 13.3. The zero-order valence-corrected chi connectivity index (χ0v) is 22.1. The Labute approximate surface area is 223 Å². The van der Waals surface area contributed by atoms with E-state index in [-0.39, 0.29) is 11.6 Å². The lowest BCUT2D eigenvalue weighted by Gasteiger charge is -2.34. The number of methoxy groups -OCH3 is 1. The molecule has 3 aromatic carbocycles. The number of aromatic nitrogens is 1. The first kappa shape index (κ1) is 26.0. The summed E-state index contributed by atoms with van der Waals surface area (Å²) >= 11 is 0. The van der Waals surface area contributed by atoms with Crippen LogP contribution in [0, 0.1) is 11.7 Å². The van der Waals surface area contributed by atoms with E-state index in [0.29, 0.717) is 35.5 Å². The van der Waals surface area contributed by atoms with Gasteiger partial charge in [0.05, 0.1) is 13.7 Å². The maximum Gasteiger partial charge on any atom is 0.161 e. The SMILES string of the molecule is COc1cc(C(C)=O)ccc1OCC(Cc1ccccc1)CN1CCC(c2c[nH]c3cc(F)ccc23)CC1. The van der Waals surface area contributed by atoms with E-state index >= 15 is 0 Å². The molecule has 1 atom stereocenters. The van der Waals surface area contributed by atoms with Crippen molar-refractivity contribution in [3.63, 3.8) is 0 Å². The molecule has 2 heterocycles. The predicted molar refractivity (Wildman–Crippen MR) is 149 cm³/mol. The average Bonchev–Trinajstić information content (AvgIpc) is 3.35. The van der Waals surface area contributed by atoms with Crippen LogP contribution in [0.25, 0.3) is 10.9 Å². The molecular weight excluding hydrogens is 479 g/mol. The molecule has 0 spiro atoms. The van der Waals surface area contributed by atoms with Gasteiger partial charge in [0, 0.05) is 35.1 Å². The number of rotatable bonds is 10. The number of fused-ring (bicyclic) bond motifs is 1. The standard InChI is InChI=1S/C32H35FN2O3/c1-22(36)26-8-11-31(32(17-26)37-2)38-21-24(16-23-6-4-3-5-7-23)20-35-14-12-25(13-15-35)29-19-34-30-18-27(33)9-10-28(29)30/h3-11,17-19,24-25,34H,12-16,20-21H2,1-2H3. The van der Waals surface area contributed by atoms with Gasteiger partial charge in [0.1, 0.15) is 5.82 Å². The molecular formula is C32H35FN2O3. The topological polar surface area (TPSA) is 54.6 Å². The van der Waals surface area contributed by atoms with E-state index < -0.39 is 0 Å². The number of nitrogens with one attached hydrogen (secondary N) is 1. The molecule has 0 amide bonds. The minimum Gasteiger partial charge on any atom is -0.493 e. The molecule has 1 aliphatic rings. The van der Waals surface area contributed by atoms with Gasteiger partial charge in [0.2, 0.25) is 0 Å². The lowest BCUT2D eigenvalue weighted by molar-refractivity contribution is 0.101. The van der Waals surface area contributed by atoms with E-state index in [0.717, 1.165) is 49.8 Å². The van der Waals surface area contributed by atoms with E-state index in [1.807, 2.05) is 18.2 Å². The van der Waals surface area contributed by atoms with Gasteiger partial charge in [0.25, 0.3) is 0 Å². The van der Waals surface area contributed by atoms with Crippen molar-refractivity contribution in [3.8, 4) is 11.5 Å². The summed E-state index contributed by atoms with van der Waals surface area (Å²) in [5, 5.41) is 1.13. The van der Waals surface area contributed by atoms with Crippen LogP contribution in [-0.2, 0) is 6.42 Å². The van der Waals surface area contributed by atoms with Crippen LogP contribution in [-0.4, -0.2) is 49.0 Å². The molecule has 0 aliphatic carbocycles. The van der Waals surface area contributed by atoms with Gasteiger partial charge in [0.15, 0.2) is 17.3 Å². The number of hydrogen-bond acceptors (Lipinski definition) is 4. The third kappa shape index (κ3) is 6.08. The quantitative estimate of drug-likeness (QED) is 0.241. The van der Waals surface area contributed by atoms with Crippen molar-refractivity contribution < 1.29 is 18.7 Å². The predicted octanol–water partition coefficient (Wildman–Crippen LogP) is 6.64. The molecule has 1 saturated heterocycles. The zero-order chi connectivity index (χ0) is 26.5. The summed E-state index contributed by atoms with van der Waals surface area (Å²) in [7, 11) is 1.60. The molecule has 5 nitrogen and oxygen atoms in total. The minimum absolute atomic E-state index is 0.00000659. The number of ketones is 1. The Balaban J connectivity index is 1.24. The first-order chi connectivity index (χ1) is 18.5. The van der Waals surface area contributed by atoms with Crippen LogP contribution in [0.1, 0.15) is 47.2 Å². The molecule has 1 unspecified atom stereocenters. The third-order valence-electron chi connectivity index (χ3n) is 7.63. The third-order valence-corrected chi connectivity index (χ3v) is 7.63. The van der Waals surface area contributed by atoms with Crippen molar-refractivity contribution in [2.24, 2.45) is 5.92 Å². The van der Waals surface area contributed by atoms with E-state index in [2.05, 4.69) is 40.3 Å². The smallest absolute Gasteiger partial charge is 0.161 e. The number of hydrogen-bond donors (Lipinski definition) is 1. The fourth-order valence-electron chi connectivity index (χ4n) is 5.59. The Hall–Kier alpha value is -3.64. The Morgan fingerprint density at radius 1 is 1.05 bits per heavy atom. The number of halogens is 1. The molecule has 4 aromatic rings. The highest BCUT2D eigenvalue weighted by molar-refractivity contribution is 5.94. The lowest BCUT2D eigenvalue weighted by atomic mass is 9.88. The maximum absolute atomic E-state index is 13.6. The van der Waals surface area contributed by atoms with Gasteiger partial charge in [-0.1, -0.05) is 30.3 Å². The van der Waals surface area contributed by atoms with E-state index in [9.17, 15) is 9.18 Å². The van der Waals surface area contributed by atoms with Crippen LogP contribution >= 0.6 is 0 Å². The van der Waals surface area contributed by atoms with E-state index in [1.54, 1.807) is 38.3 Å².